The molecule has 0 radical (unpaired) electrons. The summed E-state index contributed by atoms with van der Waals surface area (Å²) in [5, 5.41) is 11.7. The minimum atomic E-state index is -0.253. The predicted molar refractivity (Wildman–Crippen MR) is 114 cm³/mol. The molecule has 0 bridgehead atoms. The fourth-order valence-corrected chi connectivity index (χ4v) is 4.34. The summed E-state index contributed by atoms with van der Waals surface area (Å²) >= 11 is 0. The standard InChI is InChI=1S/C23H26N4O4/c1-13-20(24-22(28)21-16-10-23(3,4)8-7-17(16)31-26-21)14(2)27(25-13)11-15-5-6-18-19(9-15)30-12-29-18/h5-6,9H,7-8,10-12H2,1-4H3,(H,24,28). The summed E-state index contributed by atoms with van der Waals surface area (Å²) < 4.78 is 18.2. The van der Waals surface area contributed by atoms with Crippen LogP contribution in [0.5, 0.6) is 11.5 Å². The van der Waals surface area contributed by atoms with Gasteiger partial charge in [-0.1, -0.05) is 25.1 Å². The number of fused-ring (bicyclic) bond motifs is 2. The maximum atomic E-state index is 13.1. The molecular weight excluding hydrogens is 396 g/mol. The van der Waals surface area contributed by atoms with Crippen molar-refractivity contribution in [3.05, 3.63) is 52.2 Å². The van der Waals surface area contributed by atoms with Crippen LogP contribution in [-0.2, 0) is 19.4 Å². The summed E-state index contributed by atoms with van der Waals surface area (Å²) in [6.45, 7) is 9.06. The van der Waals surface area contributed by atoms with E-state index in [1.807, 2.05) is 36.7 Å². The molecule has 0 unspecified atom stereocenters. The summed E-state index contributed by atoms with van der Waals surface area (Å²) in [6, 6.07) is 5.85. The van der Waals surface area contributed by atoms with Crippen LogP contribution < -0.4 is 14.8 Å². The zero-order valence-electron chi connectivity index (χ0n) is 18.2. The number of carbonyl (C=O) groups excluding carboxylic acids is 1. The number of aryl methyl sites for hydroxylation is 2. The molecule has 1 aliphatic heterocycles. The largest absolute Gasteiger partial charge is 0.454 e. The first-order valence-corrected chi connectivity index (χ1v) is 10.5. The Morgan fingerprint density at radius 1 is 1.23 bits per heavy atom. The first-order valence-electron chi connectivity index (χ1n) is 10.5. The lowest BCUT2D eigenvalue weighted by molar-refractivity contribution is 0.101. The predicted octanol–water partition coefficient (Wildman–Crippen LogP) is 4.03. The van der Waals surface area contributed by atoms with Crippen molar-refractivity contribution in [2.75, 3.05) is 12.1 Å². The number of nitrogens with zero attached hydrogens (tertiary/aromatic N) is 3. The lowest BCUT2D eigenvalue weighted by Crippen LogP contribution is -2.24. The normalized spacial score (nSPS) is 16.3. The number of rotatable bonds is 4. The molecule has 3 heterocycles. The maximum absolute atomic E-state index is 13.1. The van der Waals surface area contributed by atoms with Crippen LogP contribution in [0.3, 0.4) is 0 Å². The minimum Gasteiger partial charge on any atom is -0.454 e. The first-order chi connectivity index (χ1) is 14.8. The fourth-order valence-electron chi connectivity index (χ4n) is 4.34. The van der Waals surface area contributed by atoms with Gasteiger partial charge in [-0.25, -0.2) is 0 Å². The number of anilines is 1. The Labute approximate surface area is 180 Å². The second-order valence-corrected chi connectivity index (χ2v) is 9.12. The SMILES string of the molecule is Cc1nn(Cc2ccc3c(c2)OCO3)c(C)c1NC(=O)c1noc2c1CC(C)(C)CC2. The van der Waals surface area contributed by atoms with E-state index in [0.717, 1.165) is 59.0 Å². The molecule has 0 spiro atoms. The van der Waals surface area contributed by atoms with Crippen molar-refractivity contribution in [2.24, 2.45) is 5.41 Å². The van der Waals surface area contributed by atoms with Crippen LogP contribution in [0.15, 0.2) is 22.7 Å². The van der Waals surface area contributed by atoms with Crippen molar-refractivity contribution >= 4 is 11.6 Å². The topological polar surface area (TPSA) is 91.4 Å². The molecule has 8 nitrogen and oxygen atoms in total. The van der Waals surface area contributed by atoms with E-state index < -0.39 is 0 Å². The summed E-state index contributed by atoms with van der Waals surface area (Å²) in [5.74, 6) is 2.07. The van der Waals surface area contributed by atoms with Gasteiger partial charge in [0, 0.05) is 12.0 Å². The van der Waals surface area contributed by atoms with Crippen molar-refractivity contribution < 1.29 is 18.8 Å². The lowest BCUT2D eigenvalue weighted by Gasteiger charge is -2.28. The molecule has 162 valence electrons. The van der Waals surface area contributed by atoms with Gasteiger partial charge in [-0.05, 0) is 49.8 Å². The molecule has 2 aromatic heterocycles. The van der Waals surface area contributed by atoms with E-state index in [0.29, 0.717) is 17.9 Å². The van der Waals surface area contributed by atoms with Gasteiger partial charge in [-0.3, -0.25) is 9.48 Å². The molecule has 1 aliphatic carbocycles. The lowest BCUT2D eigenvalue weighted by atomic mass is 9.76. The fraction of sp³-hybridized carbons (Fsp3) is 0.435. The summed E-state index contributed by atoms with van der Waals surface area (Å²) in [4.78, 5) is 13.1. The van der Waals surface area contributed by atoms with E-state index in [9.17, 15) is 4.79 Å². The van der Waals surface area contributed by atoms with Gasteiger partial charge < -0.3 is 19.3 Å². The number of aromatic nitrogens is 3. The Balaban J connectivity index is 1.37. The summed E-state index contributed by atoms with van der Waals surface area (Å²) in [6.07, 6.45) is 2.63. The van der Waals surface area contributed by atoms with E-state index >= 15 is 0 Å². The zero-order chi connectivity index (χ0) is 21.8. The molecule has 5 rings (SSSR count). The molecule has 0 saturated heterocycles. The highest BCUT2D eigenvalue weighted by Gasteiger charge is 2.33. The Morgan fingerprint density at radius 3 is 2.87 bits per heavy atom. The van der Waals surface area contributed by atoms with Crippen LogP contribution in [0.25, 0.3) is 0 Å². The molecule has 2 aliphatic rings. The molecule has 8 heteroatoms. The van der Waals surface area contributed by atoms with Gasteiger partial charge in [0.1, 0.15) is 5.76 Å². The molecule has 0 fully saturated rings. The Hall–Kier alpha value is -3.29. The van der Waals surface area contributed by atoms with Gasteiger partial charge in [0.2, 0.25) is 6.79 Å². The third kappa shape index (κ3) is 3.56. The Kier molecular flexibility index (Phi) is 4.53. The Bertz CT molecular complexity index is 1170. The second-order valence-electron chi connectivity index (χ2n) is 9.12. The van der Waals surface area contributed by atoms with Crippen LogP contribution in [0.4, 0.5) is 5.69 Å². The number of hydrogen-bond donors (Lipinski definition) is 1. The highest BCUT2D eigenvalue weighted by Crippen LogP contribution is 2.37. The molecule has 1 N–H and O–H groups in total. The Morgan fingerprint density at radius 2 is 2.03 bits per heavy atom. The van der Waals surface area contributed by atoms with Crippen molar-refractivity contribution in [3.63, 3.8) is 0 Å². The number of benzene rings is 1. The monoisotopic (exact) mass is 422 g/mol. The van der Waals surface area contributed by atoms with Crippen LogP contribution >= 0.6 is 0 Å². The minimum absolute atomic E-state index is 0.134. The highest BCUT2D eigenvalue weighted by molar-refractivity contribution is 6.04. The summed E-state index contributed by atoms with van der Waals surface area (Å²) in [7, 11) is 0. The van der Waals surface area contributed by atoms with Crippen molar-refractivity contribution in [2.45, 2.75) is 53.5 Å². The number of amides is 1. The van der Waals surface area contributed by atoms with Gasteiger partial charge >= 0.3 is 0 Å². The van der Waals surface area contributed by atoms with Crippen molar-refractivity contribution in [3.8, 4) is 11.5 Å². The van der Waals surface area contributed by atoms with Crippen LogP contribution in [0, 0.1) is 19.3 Å². The zero-order valence-corrected chi connectivity index (χ0v) is 18.2. The van der Waals surface area contributed by atoms with Crippen molar-refractivity contribution in [1.82, 2.24) is 14.9 Å². The smallest absolute Gasteiger partial charge is 0.278 e. The van der Waals surface area contributed by atoms with Crippen molar-refractivity contribution in [1.29, 1.82) is 0 Å². The maximum Gasteiger partial charge on any atom is 0.278 e. The average Bonchev–Trinajstić information content (AvgIpc) is 3.41. The van der Waals surface area contributed by atoms with Gasteiger partial charge in [0.05, 0.1) is 23.6 Å². The van der Waals surface area contributed by atoms with Crippen LogP contribution in [0.1, 0.15) is 59.0 Å². The highest BCUT2D eigenvalue weighted by atomic mass is 16.7. The average molecular weight is 422 g/mol. The molecule has 31 heavy (non-hydrogen) atoms. The van der Waals surface area contributed by atoms with E-state index in [-0.39, 0.29) is 18.1 Å². The van der Waals surface area contributed by atoms with Crippen LogP contribution in [-0.4, -0.2) is 27.6 Å². The number of carbonyl (C=O) groups is 1. The van der Waals surface area contributed by atoms with E-state index in [4.69, 9.17) is 14.0 Å². The molecule has 1 amide bonds. The number of hydrogen-bond acceptors (Lipinski definition) is 6. The van der Waals surface area contributed by atoms with Crippen LogP contribution in [0.2, 0.25) is 0 Å². The summed E-state index contributed by atoms with van der Waals surface area (Å²) in [5.41, 5.74) is 4.82. The molecule has 0 saturated carbocycles. The molecular formula is C23H26N4O4. The van der Waals surface area contributed by atoms with Gasteiger partial charge in [0.15, 0.2) is 17.2 Å². The number of ether oxygens (including phenoxy) is 2. The molecule has 1 aromatic carbocycles. The molecule has 3 aromatic rings. The van der Waals surface area contributed by atoms with Gasteiger partial charge in [-0.15, -0.1) is 0 Å². The van der Waals surface area contributed by atoms with E-state index in [1.54, 1.807) is 0 Å². The third-order valence-electron chi connectivity index (χ3n) is 6.16. The van der Waals surface area contributed by atoms with E-state index in [1.165, 1.54) is 0 Å². The van der Waals surface area contributed by atoms with E-state index in [2.05, 4.69) is 29.4 Å². The number of nitrogens with one attached hydrogen (secondary N) is 1. The third-order valence-corrected chi connectivity index (χ3v) is 6.16. The van der Waals surface area contributed by atoms with Gasteiger partial charge in [0.25, 0.3) is 5.91 Å². The quantitative estimate of drug-likeness (QED) is 0.683. The second kappa shape index (κ2) is 7.14. The van der Waals surface area contributed by atoms with Gasteiger partial charge in [-0.2, -0.15) is 5.10 Å². The first kappa shape index (κ1) is 19.7. The molecule has 0 atom stereocenters.